The highest BCUT2D eigenvalue weighted by molar-refractivity contribution is 7.47. The van der Waals surface area contributed by atoms with Gasteiger partial charge in [0.2, 0.25) is 0 Å². The van der Waals surface area contributed by atoms with Crippen molar-refractivity contribution in [3.05, 3.63) is 0 Å². The van der Waals surface area contributed by atoms with E-state index in [9.17, 15) is 19.0 Å². The summed E-state index contributed by atoms with van der Waals surface area (Å²) in [6, 6.07) is 0. The summed E-state index contributed by atoms with van der Waals surface area (Å²) in [5.41, 5.74) is 0. The van der Waals surface area contributed by atoms with Gasteiger partial charge >= 0.3 is 19.8 Å². The topological polar surface area (TPSA) is 108 Å². The van der Waals surface area contributed by atoms with Crippen LogP contribution in [0.25, 0.3) is 0 Å². The molecule has 0 heterocycles. The first-order valence-electron chi connectivity index (χ1n) is 23.8. The van der Waals surface area contributed by atoms with Crippen molar-refractivity contribution in [2.24, 2.45) is 107 Å². The highest BCUT2D eigenvalue weighted by atomic mass is 31.2. The van der Waals surface area contributed by atoms with Gasteiger partial charge in [-0.2, -0.15) is 0 Å². The van der Waals surface area contributed by atoms with Crippen LogP contribution in [0.4, 0.5) is 0 Å². The Labute approximate surface area is 330 Å². The minimum absolute atomic E-state index is 0.0849. The van der Waals surface area contributed by atoms with Crippen LogP contribution in [0.15, 0.2) is 0 Å². The lowest BCUT2D eigenvalue weighted by Gasteiger charge is -2.85. The lowest BCUT2D eigenvalue weighted by atomic mass is 9.20. The summed E-state index contributed by atoms with van der Waals surface area (Å²) in [5, 5.41) is 0. The smallest absolute Gasteiger partial charge is 0.462 e. The number of hydrogen-bond donors (Lipinski definition) is 1. The molecule has 0 spiro atoms. The largest absolute Gasteiger partial charge is 0.472 e. The summed E-state index contributed by atoms with van der Waals surface area (Å²) in [6.45, 7) is 1.36. The van der Waals surface area contributed by atoms with Crippen molar-refractivity contribution in [3.8, 4) is 0 Å². The fourth-order valence-electron chi connectivity index (χ4n) is 16.4. The maximum atomic E-state index is 12.8. The molecular formula is C46H71O8P. The van der Waals surface area contributed by atoms with Gasteiger partial charge in [-0.05, 0) is 164 Å². The lowest BCUT2D eigenvalue weighted by molar-refractivity contribution is -0.375. The third kappa shape index (κ3) is 6.57. The van der Waals surface area contributed by atoms with E-state index in [0.29, 0.717) is 12.8 Å². The quantitative estimate of drug-likeness (QED) is 0.0422. The summed E-state index contributed by atoms with van der Waals surface area (Å²) in [4.78, 5) is 35.4. The maximum Gasteiger partial charge on any atom is 0.472 e. The second-order valence-corrected chi connectivity index (χ2v) is 22.4. The molecule has 0 saturated heterocycles. The van der Waals surface area contributed by atoms with Crippen LogP contribution >= 0.6 is 7.82 Å². The van der Waals surface area contributed by atoms with Gasteiger partial charge in [0, 0.05) is 12.8 Å². The van der Waals surface area contributed by atoms with Crippen molar-refractivity contribution in [1.29, 1.82) is 0 Å². The average Bonchev–Trinajstić information content (AvgIpc) is 3.12. The Kier molecular flexibility index (Phi) is 10.8. The third-order valence-corrected chi connectivity index (χ3v) is 19.9. The first-order chi connectivity index (χ1) is 26.8. The molecular weight excluding hydrogens is 711 g/mol. The Morgan fingerprint density at radius 1 is 0.564 bits per heavy atom. The molecule has 0 aromatic carbocycles. The minimum atomic E-state index is -4.29. The molecule has 8 nitrogen and oxygen atoms in total. The van der Waals surface area contributed by atoms with Gasteiger partial charge in [-0.15, -0.1) is 0 Å². The van der Waals surface area contributed by atoms with Crippen molar-refractivity contribution in [2.75, 3.05) is 19.8 Å². The highest BCUT2D eigenvalue weighted by Crippen LogP contribution is 2.85. The number of unbranched alkanes of at least 4 members (excludes halogenated alkanes) is 8. The zero-order chi connectivity index (χ0) is 37.4. The van der Waals surface area contributed by atoms with E-state index in [2.05, 4.69) is 0 Å². The molecule has 10 rings (SSSR count). The number of ether oxygens (including phenoxy) is 2. The van der Waals surface area contributed by atoms with Gasteiger partial charge in [0.05, 0.1) is 13.2 Å². The van der Waals surface area contributed by atoms with E-state index in [-0.39, 0.29) is 32.2 Å². The number of carbonyl (C=O) groups is 2. The zero-order valence-electron chi connectivity index (χ0n) is 33.7. The number of carbonyl (C=O) groups excluding carboxylic acids is 2. The van der Waals surface area contributed by atoms with Gasteiger partial charge in [-0.3, -0.25) is 18.6 Å². The lowest BCUT2D eigenvalue weighted by Crippen LogP contribution is -2.80. The molecule has 10 fully saturated rings. The van der Waals surface area contributed by atoms with E-state index in [0.717, 1.165) is 139 Å². The summed E-state index contributed by atoms with van der Waals surface area (Å²) in [6.07, 6.45) is 23.1. The fourth-order valence-corrected chi connectivity index (χ4v) is 17.2. The first kappa shape index (κ1) is 38.3. The first-order valence-corrected chi connectivity index (χ1v) is 25.3. The van der Waals surface area contributed by atoms with Gasteiger partial charge in [0.25, 0.3) is 0 Å². The van der Waals surface area contributed by atoms with Gasteiger partial charge in [0.15, 0.2) is 6.10 Å². The Bertz CT molecular complexity index is 1460. The van der Waals surface area contributed by atoms with Crippen LogP contribution in [0, 0.1) is 107 Å². The number of phosphoric acid groups is 1. The molecule has 10 aliphatic rings. The molecule has 1 unspecified atom stereocenters. The maximum absolute atomic E-state index is 12.8. The fraction of sp³-hybridized carbons (Fsp3) is 0.957. The van der Waals surface area contributed by atoms with E-state index in [4.69, 9.17) is 18.5 Å². The summed E-state index contributed by atoms with van der Waals surface area (Å²) in [7, 11) is -4.29. The van der Waals surface area contributed by atoms with E-state index >= 15 is 0 Å². The summed E-state index contributed by atoms with van der Waals surface area (Å²) >= 11 is 0. The van der Waals surface area contributed by atoms with Gasteiger partial charge in [-0.1, -0.05) is 71.1 Å². The number of esters is 2. The van der Waals surface area contributed by atoms with Crippen molar-refractivity contribution < 1.29 is 37.6 Å². The van der Waals surface area contributed by atoms with E-state index in [1.165, 1.54) is 70.1 Å². The van der Waals surface area contributed by atoms with E-state index in [1.54, 1.807) is 12.8 Å². The molecule has 10 saturated carbocycles. The second kappa shape index (κ2) is 15.6. The van der Waals surface area contributed by atoms with Gasteiger partial charge in [0.1, 0.15) is 6.61 Å². The Morgan fingerprint density at radius 3 is 1.53 bits per heavy atom. The van der Waals surface area contributed by atoms with Crippen LogP contribution in [0.2, 0.25) is 0 Å². The van der Waals surface area contributed by atoms with Crippen LogP contribution in [-0.4, -0.2) is 42.8 Å². The molecule has 20 atom stereocenters. The van der Waals surface area contributed by atoms with Crippen LogP contribution in [-0.2, 0) is 32.7 Å². The molecule has 0 bridgehead atoms. The molecule has 0 radical (unpaired) electrons. The molecule has 308 valence electrons. The normalized spacial score (nSPS) is 46.2. The summed E-state index contributed by atoms with van der Waals surface area (Å²) < 4.78 is 33.4. The molecule has 55 heavy (non-hydrogen) atoms. The number of fused-ring (bicyclic) bond motifs is 20. The van der Waals surface area contributed by atoms with Gasteiger partial charge in [-0.25, -0.2) is 4.57 Å². The van der Waals surface area contributed by atoms with Crippen molar-refractivity contribution in [2.45, 2.75) is 148 Å². The van der Waals surface area contributed by atoms with Gasteiger partial charge < -0.3 is 14.4 Å². The molecule has 0 amide bonds. The second-order valence-electron chi connectivity index (χ2n) is 20.9. The van der Waals surface area contributed by atoms with Crippen molar-refractivity contribution in [1.82, 2.24) is 0 Å². The third-order valence-electron chi connectivity index (χ3n) is 18.9. The number of phosphoric ester groups is 1. The predicted molar refractivity (Wildman–Crippen MR) is 208 cm³/mol. The molecule has 1 N–H and O–H groups in total. The molecule has 9 heteroatoms. The van der Waals surface area contributed by atoms with Crippen LogP contribution in [0.1, 0.15) is 142 Å². The molecule has 0 aromatic rings. The van der Waals surface area contributed by atoms with Crippen LogP contribution < -0.4 is 0 Å². The minimum Gasteiger partial charge on any atom is -0.462 e. The zero-order valence-corrected chi connectivity index (χ0v) is 34.6. The Balaban J connectivity index is 0.565. The standard InChI is InChI=1S/C46H71O8P/c1-2-21-52-55(49,50)53-25-28(54-36(48)16-12-8-4-6-10-14-27-23-34-38(27)46-42-32-20-18-30(32)40(42)44(34)46)24-51-35(47)15-11-7-3-5-9-13-26-22-33-37(26)45-41-31-19-17-29(31)39(41)43(33)45/h26-34,37-46H,2-25H2,1H3,(H,49,50)/t26-,27-,28-,29-,30-,31+,32+,33-,34-,37+,38+,39+,40+,41-,42-,43-,44-,45+,46+/m1/s1. The highest BCUT2D eigenvalue weighted by Gasteiger charge is 2.80. The Morgan fingerprint density at radius 2 is 1.02 bits per heavy atom. The van der Waals surface area contributed by atoms with Crippen molar-refractivity contribution in [3.63, 3.8) is 0 Å². The Hall–Kier alpha value is -0.950. The predicted octanol–water partition coefficient (Wildman–Crippen LogP) is 10.0. The van der Waals surface area contributed by atoms with E-state index < -0.39 is 19.9 Å². The van der Waals surface area contributed by atoms with Crippen molar-refractivity contribution >= 4 is 19.8 Å². The summed E-state index contributed by atoms with van der Waals surface area (Å²) in [5.74, 6) is 19.5. The molecule has 0 aliphatic heterocycles. The average molecular weight is 783 g/mol. The van der Waals surface area contributed by atoms with E-state index in [1.807, 2.05) is 6.92 Å². The number of hydrogen-bond acceptors (Lipinski definition) is 7. The molecule has 0 aromatic heterocycles. The monoisotopic (exact) mass is 782 g/mol. The SMILES string of the molecule is CCCOP(=O)(O)OC[C@@H](COC(=O)CCCCCCC[C@@H]1C[C@H]2[C@@H]3[C@H]4[C@@H]5CC[C@@H]5[C@H]4[C@@H]3[C@@H]12)OC(=O)CCCCCCC[C@@H]1C[C@H]2[C@@H]3[C@H]4[C@@H]5CC[C@@H]5[C@H]4[C@@H]3[C@@H]12. The van der Waals surface area contributed by atoms with Crippen LogP contribution in [0.5, 0.6) is 0 Å². The number of rotatable bonds is 25. The molecule has 10 aliphatic carbocycles. The van der Waals surface area contributed by atoms with Crippen LogP contribution in [0.3, 0.4) is 0 Å².